The van der Waals surface area contributed by atoms with Crippen molar-refractivity contribution in [3.8, 4) is 5.75 Å². The molecule has 4 rings (SSSR count). The normalized spacial score (nSPS) is 11.9. The van der Waals surface area contributed by atoms with Crippen LogP contribution in [0.25, 0.3) is 15.2 Å². The number of thiazole rings is 1. The summed E-state index contributed by atoms with van der Waals surface area (Å²) in [6, 6.07) is 12.5. The van der Waals surface area contributed by atoms with E-state index in [2.05, 4.69) is 15.0 Å². The molecule has 0 saturated heterocycles. The van der Waals surface area contributed by atoms with E-state index < -0.39 is 0 Å². The van der Waals surface area contributed by atoms with E-state index in [1.807, 2.05) is 22.6 Å². The number of aromatic nitrogens is 3. The van der Waals surface area contributed by atoms with Crippen molar-refractivity contribution in [3.05, 3.63) is 53.6 Å². The Hall–Kier alpha value is -3.46. The molecule has 0 atom stereocenters. The molecule has 8 nitrogen and oxygen atoms in total. The molecule has 0 aliphatic carbocycles. The molecule has 9 heteroatoms. The molecular formula is C19H17N5O3S. The van der Waals surface area contributed by atoms with Gasteiger partial charge in [0.1, 0.15) is 5.75 Å². The zero-order valence-electron chi connectivity index (χ0n) is 15.2. The van der Waals surface area contributed by atoms with Gasteiger partial charge in [-0.3, -0.25) is 4.40 Å². The summed E-state index contributed by atoms with van der Waals surface area (Å²) in [6.45, 7) is 2.10. The van der Waals surface area contributed by atoms with Gasteiger partial charge >= 0.3 is 5.97 Å². The van der Waals surface area contributed by atoms with Crippen molar-refractivity contribution in [2.24, 2.45) is 4.99 Å². The van der Waals surface area contributed by atoms with Gasteiger partial charge in [0.25, 0.3) is 0 Å². The van der Waals surface area contributed by atoms with E-state index in [-0.39, 0.29) is 11.9 Å². The summed E-state index contributed by atoms with van der Waals surface area (Å²) in [6.07, 6.45) is 0. The van der Waals surface area contributed by atoms with Crippen molar-refractivity contribution in [1.29, 1.82) is 0 Å². The van der Waals surface area contributed by atoms with E-state index in [9.17, 15) is 4.79 Å². The summed E-state index contributed by atoms with van der Waals surface area (Å²) in [4.78, 5) is 25.7. The van der Waals surface area contributed by atoms with Crippen LogP contribution >= 0.6 is 11.3 Å². The lowest BCUT2D eigenvalue weighted by molar-refractivity contribution is 0.0526. The Labute approximate surface area is 163 Å². The van der Waals surface area contributed by atoms with Crippen LogP contribution in [-0.2, 0) is 4.74 Å². The van der Waals surface area contributed by atoms with Crippen LogP contribution in [0.3, 0.4) is 0 Å². The molecule has 0 radical (unpaired) electrons. The maximum absolute atomic E-state index is 11.8. The quantitative estimate of drug-likeness (QED) is 0.533. The number of nitrogens with zero attached hydrogens (tertiary/aromatic N) is 4. The fourth-order valence-electron chi connectivity index (χ4n) is 2.75. The maximum Gasteiger partial charge on any atom is 0.338 e. The smallest absolute Gasteiger partial charge is 0.338 e. The highest BCUT2D eigenvalue weighted by atomic mass is 32.1. The summed E-state index contributed by atoms with van der Waals surface area (Å²) >= 11 is 1.47. The van der Waals surface area contributed by atoms with E-state index in [1.165, 1.54) is 11.3 Å². The number of methoxy groups -OCH3 is 1. The van der Waals surface area contributed by atoms with E-state index in [1.54, 1.807) is 38.3 Å². The second-order valence-electron chi connectivity index (χ2n) is 5.81. The number of ether oxygens (including phenoxy) is 2. The number of carbonyl (C=O) groups excluding carboxylic acids is 1. The molecule has 2 heterocycles. The Morgan fingerprint density at radius 2 is 2.00 bits per heavy atom. The third-order valence-corrected chi connectivity index (χ3v) is 5.04. The summed E-state index contributed by atoms with van der Waals surface area (Å²) in [7, 11) is 1.63. The number of benzene rings is 2. The van der Waals surface area contributed by atoms with Crippen LogP contribution in [0.2, 0.25) is 0 Å². The van der Waals surface area contributed by atoms with Crippen molar-refractivity contribution in [2.75, 3.05) is 19.5 Å². The second-order valence-corrected chi connectivity index (χ2v) is 6.82. The third-order valence-electron chi connectivity index (χ3n) is 4.03. The lowest BCUT2D eigenvalue weighted by Gasteiger charge is -2.02. The molecule has 2 N–H and O–H groups in total. The van der Waals surface area contributed by atoms with Gasteiger partial charge in [0, 0.05) is 0 Å². The fraction of sp³-hybridized carbons (Fsp3) is 0.158. The number of nitrogens with two attached hydrogens (primary N) is 1. The Bertz CT molecular complexity index is 1240. The molecule has 0 unspecified atom stereocenters. The first kappa shape index (κ1) is 17.9. The van der Waals surface area contributed by atoms with Gasteiger partial charge in [-0.2, -0.15) is 9.97 Å². The van der Waals surface area contributed by atoms with Gasteiger partial charge in [-0.15, -0.1) is 0 Å². The molecule has 0 saturated carbocycles. The molecule has 2 aromatic heterocycles. The van der Waals surface area contributed by atoms with Crippen molar-refractivity contribution in [2.45, 2.75) is 6.92 Å². The first-order chi connectivity index (χ1) is 13.6. The van der Waals surface area contributed by atoms with E-state index in [4.69, 9.17) is 15.2 Å². The van der Waals surface area contributed by atoms with E-state index in [0.717, 1.165) is 16.0 Å². The molecule has 0 aliphatic rings. The topological polar surface area (TPSA) is 104 Å². The van der Waals surface area contributed by atoms with Crippen LogP contribution in [0.5, 0.6) is 5.75 Å². The molecule has 2 aromatic carbocycles. The molecule has 28 heavy (non-hydrogen) atoms. The highest BCUT2D eigenvalue weighted by Gasteiger charge is 2.10. The highest BCUT2D eigenvalue weighted by molar-refractivity contribution is 7.23. The van der Waals surface area contributed by atoms with Crippen LogP contribution in [0.1, 0.15) is 17.3 Å². The SMILES string of the molecule is CCOC(=O)c1ccc(/N=c2/nc(N)nc3sc4cc(OC)ccc4n23)cc1. The Morgan fingerprint density at radius 3 is 2.71 bits per heavy atom. The van der Waals surface area contributed by atoms with Crippen LogP contribution in [0.15, 0.2) is 47.5 Å². The number of nitrogen functional groups attached to an aromatic ring is 1. The monoisotopic (exact) mass is 395 g/mol. The molecule has 0 fully saturated rings. The molecule has 0 amide bonds. The van der Waals surface area contributed by atoms with Crippen LogP contribution in [0, 0.1) is 0 Å². The van der Waals surface area contributed by atoms with Crippen LogP contribution in [-0.4, -0.2) is 34.1 Å². The van der Waals surface area contributed by atoms with Crippen molar-refractivity contribution < 1.29 is 14.3 Å². The molecule has 0 bridgehead atoms. The first-order valence-electron chi connectivity index (χ1n) is 8.54. The largest absolute Gasteiger partial charge is 0.497 e. The maximum atomic E-state index is 11.8. The van der Waals surface area contributed by atoms with Gasteiger partial charge in [-0.25, -0.2) is 9.79 Å². The molecule has 0 spiro atoms. The van der Waals surface area contributed by atoms with Gasteiger partial charge in [0.2, 0.25) is 16.5 Å². The Morgan fingerprint density at radius 1 is 1.21 bits per heavy atom. The standard InChI is InChI=1S/C19H17N5O3S/c1-3-27-16(25)11-4-6-12(7-5-11)21-18-22-17(20)23-19-24(18)14-9-8-13(26-2)10-15(14)28-19/h4-10H,3H2,1-2H3,(H2,20,21,22). The zero-order valence-corrected chi connectivity index (χ0v) is 16.1. The lowest BCUT2D eigenvalue weighted by atomic mass is 10.2. The molecule has 4 aromatic rings. The van der Waals surface area contributed by atoms with Crippen molar-refractivity contribution in [1.82, 2.24) is 14.4 Å². The Balaban J connectivity index is 1.86. The van der Waals surface area contributed by atoms with E-state index in [0.29, 0.717) is 28.4 Å². The molecular weight excluding hydrogens is 378 g/mol. The van der Waals surface area contributed by atoms with E-state index >= 15 is 0 Å². The predicted octanol–water partition coefficient (Wildman–Crippen LogP) is 2.94. The number of hydrogen-bond acceptors (Lipinski definition) is 8. The third kappa shape index (κ3) is 3.27. The van der Waals surface area contributed by atoms with Gasteiger partial charge in [-0.05, 0) is 49.4 Å². The first-order valence-corrected chi connectivity index (χ1v) is 9.35. The average Bonchev–Trinajstić information content (AvgIpc) is 3.05. The zero-order chi connectivity index (χ0) is 19.7. The average molecular weight is 395 g/mol. The number of esters is 1. The van der Waals surface area contributed by atoms with Gasteiger partial charge in [0.15, 0.2) is 0 Å². The van der Waals surface area contributed by atoms with Crippen LogP contribution in [0.4, 0.5) is 11.6 Å². The highest BCUT2D eigenvalue weighted by Crippen LogP contribution is 2.27. The second kappa shape index (κ2) is 7.28. The predicted molar refractivity (Wildman–Crippen MR) is 107 cm³/mol. The summed E-state index contributed by atoms with van der Waals surface area (Å²) in [5.74, 6) is 0.531. The number of anilines is 1. The van der Waals surface area contributed by atoms with Crippen molar-refractivity contribution in [3.63, 3.8) is 0 Å². The number of fused-ring (bicyclic) bond motifs is 3. The van der Waals surface area contributed by atoms with Gasteiger partial charge in [0.05, 0.1) is 35.2 Å². The molecule has 0 aliphatic heterocycles. The number of hydrogen-bond donors (Lipinski definition) is 1. The van der Waals surface area contributed by atoms with Crippen molar-refractivity contribution >= 4 is 44.1 Å². The minimum atomic E-state index is -0.366. The van der Waals surface area contributed by atoms with Gasteiger partial charge < -0.3 is 15.2 Å². The Kier molecular flexibility index (Phi) is 4.66. The summed E-state index contributed by atoms with van der Waals surface area (Å²) in [5, 5.41) is 0. The number of rotatable bonds is 4. The van der Waals surface area contributed by atoms with Crippen LogP contribution < -0.4 is 16.1 Å². The summed E-state index contributed by atoms with van der Waals surface area (Å²) < 4.78 is 13.1. The van der Waals surface area contributed by atoms with Gasteiger partial charge in [-0.1, -0.05) is 11.3 Å². The summed E-state index contributed by atoms with van der Waals surface area (Å²) in [5.41, 5.74) is 8.29. The number of carbonyl (C=O) groups is 1. The molecule has 142 valence electrons. The fourth-order valence-corrected chi connectivity index (χ4v) is 3.80. The lowest BCUT2D eigenvalue weighted by Crippen LogP contribution is -2.20. The minimum absolute atomic E-state index is 0.139. The minimum Gasteiger partial charge on any atom is -0.497 e.